The summed E-state index contributed by atoms with van der Waals surface area (Å²) in [5.74, 6) is -0.103. The second-order valence-corrected chi connectivity index (χ2v) is 7.44. The van der Waals surface area contributed by atoms with E-state index in [9.17, 15) is 9.59 Å². The smallest absolute Gasteiger partial charge is 0.230 e. The Kier molecular flexibility index (Phi) is 5.28. The van der Waals surface area contributed by atoms with Crippen LogP contribution < -0.4 is 15.0 Å². The fraction of sp³-hybridized carbons (Fsp3) is 0.409. The molecule has 1 aliphatic heterocycles. The molecular weight excluding hydrogens is 354 g/mol. The fourth-order valence-electron chi connectivity index (χ4n) is 4.32. The minimum Gasteiger partial charge on any atom is -0.481 e. The number of hydrogen-bond acceptors (Lipinski definition) is 4. The van der Waals surface area contributed by atoms with Gasteiger partial charge in [-0.15, -0.1) is 0 Å². The number of anilines is 2. The molecule has 0 spiro atoms. The minimum atomic E-state index is -0.309. The third-order valence-corrected chi connectivity index (χ3v) is 5.79. The minimum absolute atomic E-state index is 0.0812. The van der Waals surface area contributed by atoms with Crippen LogP contribution in [0.4, 0.5) is 11.4 Å². The Balaban J connectivity index is 1.49. The average Bonchev–Trinajstić information content (AvgIpc) is 3.18. The highest BCUT2D eigenvalue weighted by atomic mass is 16.5. The van der Waals surface area contributed by atoms with Crippen molar-refractivity contribution in [1.82, 2.24) is 4.98 Å². The van der Waals surface area contributed by atoms with E-state index in [0.29, 0.717) is 18.1 Å². The van der Waals surface area contributed by atoms with E-state index in [1.165, 1.54) is 5.56 Å². The first-order valence-electron chi connectivity index (χ1n) is 9.87. The molecule has 6 nitrogen and oxygen atoms in total. The molecule has 1 fully saturated rings. The zero-order valence-electron chi connectivity index (χ0n) is 16.1. The topological polar surface area (TPSA) is 71.5 Å². The largest absolute Gasteiger partial charge is 0.481 e. The normalized spacial score (nSPS) is 21.1. The van der Waals surface area contributed by atoms with Crippen LogP contribution in [0.2, 0.25) is 0 Å². The van der Waals surface area contributed by atoms with Gasteiger partial charge in [0.25, 0.3) is 0 Å². The van der Waals surface area contributed by atoms with Crippen LogP contribution in [0.5, 0.6) is 5.88 Å². The van der Waals surface area contributed by atoms with E-state index in [0.717, 1.165) is 37.8 Å². The number of para-hydroxylation sites is 1. The number of aromatic nitrogens is 1. The molecule has 2 aliphatic rings. The van der Waals surface area contributed by atoms with Crippen molar-refractivity contribution in [2.75, 3.05) is 23.9 Å². The predicted molar refractivity (Wildman–Crippen MR) is 107 cm³/mol. The fourth-order valence-corrected chi connectivity index (χ4v) is 4.32. The summed E-state index contributed by atoms with van der Waals surface area (Å²) < 4.78 is 5.05. The Morgan fingerprint density at radius 2 is 1.89 bits per heavy atom. The number of fused-ring (bicyclic) bond motifs is 1. The molecule has 2 heterocycles. The maximum atomic E-state index is 13.3. The van der Waals surface area contributed by atoms with Crippen molar-refractivity contribution in [3.63, 3.8) is 0 Å². The molecule has 1 aromatic carbocycles. The number of methoxy groups -OCH3 is 1. The predicted octanol–water partition coefficient (Wildman–Crippen LogP) is 3.42. The number of carbonyl (C=O) groups is 2. The summed E-state index contributed by atoms with van der Waals surface area (Å²) in [5, 5.41) is 2.93. The molecule has 1 N–H and O–H groups in total. The zero-order chi connectivity index (χ0) is 19.5. The molecule has 2 atom stereocenters. The van der Waals surface area contributed by atoms with Crippen LogP contribution in [0.15, 0.2) is 42.6 Å². The van der Waals surface area contributed by atoms with Gasteiger partial charge in [-0.2, -0.15) is 0 Å². The van der Waals surface area contributed by atoms with Gasteiger partial charge in [0.1, 0.15) is 0 Å². The van der Waals surface area contributed by atoms with Crippen molar-refractivity contribution < 1.29 is 14.3 Å². The summed E-state index contributed by atoms with van der Waals surface area (Å²) in [5.41, 5.74) is 2.82. The molecule has 1 aliphatic carbocycles. The molecule has 146 valence electrons. The van der Waals surface area contributed by atoms with Gasteiger partial charge in [0.15, 0.2) is 0 Å². The summed E-state index contributed by atoms with van der Waals surface area (Å²) in [7, 11) is 1.55. The lowest BCUT2D eigenvalue weighted by Crippen LogP contribution is -2.43. The van der Waals surface area contributed by atoms with Crippen LogP contribution >= 0.6 is 0 Å². The lowest BCUT2D eigenvalue weighted by Gasteiger charge is -2.32. The van der Waals surface area contributed by atoms with Crippen LogP contribution in [0.3, 0.4) is 0 Å². The Morgan fingerprint density at radius 3 is 2.64 bits per heavy atom. The van der Waals surface area contributed by atoms with E-state index < -0.39 is 0 Å². The second kappa shape index (κ2) is 8.00. The number of benzene rings is 1. The molecule has 1 saturated carbocycles. The third kappa shape index (κ3) is 3.59. The number of carbonyl (C=O) groups excluding carboxylic acids is 2. The molecule has 0 saturated heterocycles. The maximum Gasteiger partial charge on any atom is 0.230 e. The standard InChI is InChI=1S/C22H25N3O3/c1-28-20-11-10-16(14-23-20)24-21(26)17-7-3-4-8-18(17)22(27)25-13-12-15-6-2-5-9-19(15)25/h2,5-6,9-11,14,17-18H,3-4,7-8,12-13H2,1H3,(H,24,26). The number of amides is 2. The molecule has 1 aromatic heterocycles. The highest BCUT2D eigenvalue weighted by Crippen LogP contribution is 2.36. The highest BCUT2D eigenvalue weighted by molar-refractivity contribution is 6.02. The molecule has 4 rings (SSSR count). The summed E-state index contributed by atoms with van der Waals surface area (Å²) >= 11 is 0. The highest BCUT2D eigenvalue weighted by Gasteiger charge is 2.39. The van der Waals surface area contributed by atoms with Crippen molar-refractivity contribution in [3.8, 4) is 5.88 Å². The summed E-state index contributed by atoms with van der Waals surface area (Å²) in [6.07, 6.45) is 5.91. The van der Waals surface area contributed by atoms with Gasteiger partial charge >= 0.3 is 0 Å². The lowest BCUT2D eigenvalue weighted by molar-refractivity contribution is -0.132. The Bertz CT molecular complexity index is 866. The monoisotopic (exact) mass is 379 g/mol. The van der Waals surface area contributed by atoms with E-state index in [2.05, 4.69) is 16.4 Å². The van der Waals surface area contributed by atoms with Gasteiger partial charge in [0, 0.05) is 24.2 Å². The average molecular weight is 379 g/mol. The van der Waals surface area contributed by atoms with Crippen LogP contribution in [0, 0.1) is 11.8 Å². The van der Waals surface area contributed by atoms with Gasteiger partial charge in [-0.25, -0.2) is 4.98 Å². The number of nitrogens with zero attached hydrogens (tertiary/aromatic N) is 2. The Hall–Kier alpha value is -2.89. The first-order chi connectivity index (χ1) is 13.7. The van der Waals surface area contributed by atoms with Crippen molar-refractivity contribution in [2.24, 2.45) is 11.8 Å². The Labute approximate surface area is 164 Å². The first-order valence-corrected chi connectivity index (χ1v) is 9.87. The van der Waals surface area contributed by atoms with Gasteiger partial charge in [-0.05, 0) is 37.0 Å². The van der Waals surface area contributed by atoms with E-state index in [-0.39, 0.29) is 23.7 Å². The van der Waals surface area contributed by atoms with Gasteiger partial charge < -0.3 is 15.0 Å². The van der Waals surface area contributed by atoms with Crippen molar-refractivity contribution >= 4 is 23.2 Å². The van der Waals surface area contributed by atoms with E-state index in [1.807, 2.05) is 23.1 Å². The molecule has 2 unspecified atom stereocenters. The molecule has 0 radical (unpaired) electrons. The molecule has 6 heteroatoms. The maximum absolute atomic E-state index is 13.3. The molecule has 0 bridgehead atoms. The van der Waals surface area contributed by atoms with Gasteiger partial charge in [0.2, 0.25) is 17.7 Å². The van der Waals surface area contributed by atoms with Crippen molar-refractivity contribution in [1.29, 1.82) is 0 Å². The number of ether oxygens (including phenoxy) is 1. The number of pyridine rings is 1. The summed E-state index contributed by atoms with van der Waals surface area (Å²) in [4.78, 5) is 32.3. The van der Waals surface area contributed by atoms with E-state index in [1.54, 1.807) is 25.4 Å². The molecular formula is C22H25N3O3. The van der Waals surface area contributed by atoms with Gasteiger partial charge in [-0.1, -0.05) is 31.0 Å². The van der Waals surface area contributed by atoms with Crippen LogP contribution in [-0.4, -0.2) is 30.5 Å². The SMILES string of the molecule is COc1ccc(NC(=O)C2CCCCC2C(=O)N2CCc3ccccc32)cn1. The summed E-state index contributed by atoms with van der Waals surface area (Å²) in [6, 6.07) is 11.5. The lowest BCUT2D eigenvalue weighted by atomic mass is 9.77. The summed E-state index contributed by atoms with van der Waals surface area (Å²) in [6.45, 7) is 0.700. The molecule has 28 heavy (non-hydrogen) atoms. The van der Waals surface area contributed by atoms with E-state index in [4.69, 9.17) is 4.74 Å². The van der Waals surface area contributed by atoms with Crippen LogP contribution in [0.1, 0.15) is 31.2 Å². The molecule has 2 aromatic rings. The number of hydrogen-bond donors (Lipinski definition) is 1. The first kappa shape index (κ1) is 18.5. The van der Waals surface area contributed by atoms with Crippen LogP contribution in [0.25, 0.3) is 0 Å². The quantitative estimate of drug-likeness (QED) is 0.884. The van der Waals surface area contributed by atoms with Crippen molar-refractivity contribution in [3.05, 3.63) is 48.2 Å². The van der Waals surface area contributed by atoms with Gasteiger partial charge in [0.05, 0.1) is 24.9 Å². The number of rotatable bonds is 4. The molecule has 2 amide bonds. The van der Waals surface area contributed by atoms with Gasteiger partial charge in [-0.3, -0.25) is 9.59 Å². The number of nitrogens with one attached hydrogen (secondary N) is 1. The van der Waals surface area contributed by atoms with Crippen LogP contribution in [-0.2, 0) is 16.0 Å². The Morgan fingerprint density at radius 1 is 1.11 bits per heavy atom. The second-order valence-electron chi connectivity index (χ2n) is 7.44. The van der Waals surface area contributed by atoms with Crippen molar-refractivity contribution in [2.45, 2.75) is 32.1 Å². The third-order valence-electron chi connectivity index (χ3n) is 5.79. The van der Waals surface area contributed by atoms with E-state index >= 15 is 0 Å². The zero-order valence-corrected chi connectivity index (χ0v) is 16.1.